The second-order valence-corrected chi connectivity index (χ2v) is 7.14. The summed E-state index contributed by atoms with van der Waals surface area (Å²) in [5.74, 6) is 1.10. The monoisotopic (exact) mass is 362 g/mol. The minimum Gasteiger partial charge on any atom is -0.378 e. The Balaban J connectivity index is 1.53. The van der Waals surface area contributed by atoms with E-state index < -0.39 is 0 Å². The summed E-state index contributed by atoms with van der Waals surface area (Å²) >= 11 is 0. The van der Waals surface area contributed by atoms with Crippen molar-refractivity contribution in [1.29, 1.82) is 0 Å². The van der Waals surface area contributed by atoms with Crippen LogP contribution in [0.25, 0.3) is 11.5 Å². The van der Waals surface area contributed by atoms with Crippen molar-refractivity contribution in [1.82, 2.24) is 10.1 Å². The average Bonchev–Trinajstić information content (AvgIpc) is 3.28. The average molecular weight is 362 g/mol. The predicted octanol–water partition coefficient (Wildman–Crippen LogP) is 3.63. The van der Waals surface area contributed by atoms with E-state index in [4.69, 9.17) is 4.52 Å². The van der Waals surface area contributed by atoms with Gasteiger partial charge in [-0.1, -0.05) is 17.3 Å². The van der Waals surface area contributed by atoms with Crippen molar-refractivity contribution in [2.75, 3.05) is 30.4 Å². The number of rotatable bonds is 4. The van der Waals surface area contributed by atoms with Crippen LogP contribution >= 0.6 is 0 Å². The van der Waals surface area contributed by atoms with Gasteiger partial charge in [-0.3, -0.25) is 4.79 Å². The molecule has 138 valence electrons. The van der Waals surface area contributed by atoms with Crippen molar-refractivity contribution in [3.8, 4) is 11.5 Å². The molecule has 27 heavy (non-hydrogen) atoms. The fourth-order valence-electron chi connectivity index (χ4n) is 3.35. The molecule has 0 aliphatic carbocycles. The van der Waals surface area contributed by atoms with E-state index in [1.54, 1.807) is 4.90 Å². The molecule has 2 aromatic carbocycles. The van der Waals surface area contributed by atoms with E-state index >= 15 is 0 Å². The van der Waals surface area contributed by atoms with Gasteiger partial charge in [-0.25, -0.2) is 0 Å². The molecule has 0 bridgehead atoms. The van der Waals surface area contributed by atoms with Crippen molar-refractivity contribution in [3.63, 3.8) is 0 Å². The summed E-state index contributed by atoms with van der Waals surface area (Å²) in [5, 5.41) is 4.14. The Morgan fingerprint density at radius 3 is 2.63 bits per heavy atom. The van der Waals surface area contributed by atoms with Gasteiger partial charge < -0.3 is 14.3 Å². The minimum absolute atomic E-state index is 0.0587. The van der Waals surface area contributed by atoms with Gasteiger partial charge >= 0.3 is 0 Å². The zero-order valence-electron chi connectivity index (χ0n) is 15.7. The smallest absolute Gasteiger partial charge is 0.257 e. The molecular weight excluding hydrogens is 340 g/mol. The molecule has 0 N–H and O–H groups in total. The zero-order valence-corrected chi connectivity index (χ0v) is 15.7. The van der Waals surface area contributed by atoms with E-state index in [1.807, 2.05) is 74.4 Å². The third-order valence-electron chi connectivity index (χ3n) is 4.88. The lowest BCUT2D eigenvalue weighted by Crippen LogP contribution is -2.24. The van der Waals surface area contributed by atoms with Crippen LogP contribution in [0.5, 0.6) is 0 Å². The summed E-state index contributed by atoms with van der Waals surface area (Å²) in [5.41, 5.74) is 4.03. The van der Waals surface area contributed by atoms with Crippen LogP contribution in [0.15, 0.2) is 53.1 Å². The number of nitrogens with zero attached hydrogens (tertiary/aromatic N) is 4. The lowest BCUT2D eigenvalue weighted by molar-refractivity contribution is -0.117. The van der Waals surface area contributed by atoms with Gasteiger partial charge in [0.1, 0.15) is 0 Å². The molecule has 6 heteroatoms. The molecule has 1 amide bonds. The molecule has 0 radical (unpaired) electrons. The van der Waals surface area contributed by atoms with E-state index in [0.29, 0.717) is 24.7 Å². The van der Waals surface area contributed by atoms with E-state index in [0.717, 1.165) is 22.5 Å². The highest BCUT2D eigenvalue weighted by Gasteiger charge is 2.34. The van der Waals surface area contributed by atoms with E-state index in [1.165, 1.54) is 0 Å². The predicted molar refractivity (Wildman–Crippen MR) is 105 cm³/mol. The number of aryl methyl sites for hydroxylation is 1. The molecule has 1 saturated heterocycles. The Morgan fingerprint density at radius 1 is 1.15 bits per heavy atom. The van der Waals surface area contributed by atoms with E-state index in [-0.39, 0.29) is 11.8 Å². The molecule has 3 aromatic rings. The number of hydrogen-bond donors (Lipinski definition) is 0. The highest BCUT2D eigenvalue weighted by Crippen LogP contribution is 2.32. The van der Waals surface area contributed by atoms with Crippen LogP contribution < -0.4 is 9.80 Å². The van der Waals surface area contributed by atoms with Crippen molar-refractivity contribution in [2.45, 2.75) is 19.3 Å². The molecule has 1 aliphatic rings. The van der Waals surface area contributed by atoms with Gasteiger partial charge in [-0.2, -0.15) is 4.98 Å². The van der Waals surface area contributed by atoms with Crippen LogP contribution in [-0.2, 0) is 4.79 Å². The Morgan fingerprint density at radius 2 is 1.93 bits per heavy atom. The van der Waals surface area contributed by atoms with Gasteiger partial charge in [0.2, 0.25) is 5.91 Å². The first-order chi connectivity index (χ1) is 13.0. The summed E-state index contributed by atoms with van der Waals surface area (Å²) in [6.07, 6.45) is 0.395. The molecule has 0 spiro atoms. The first kappa shape index (κ1) is 17.3. The fourth-order valence-corrected chi connectivity index (χ4v) is 3.35. The largest absolute Gasteiger partial charge is 0.378 e. The maximum atomic E-state index is 12.5. The molecule has 1 aliphatic heterocycles. The Labute approximate surface area is 158 Å². The fraction of sp³-hybridized carbons (Fsp3) is 0.286. The van der Waals surface area contributed by atoms with Gasteiger partial charge in [0.05, 0.1) is 0 Å². The number of benzene rings is 2. The molecule has 1 aromatic heterocycles. The highest BCUT2D eigenvalue weighted by molar-refractivity contribution is 5.96. The van der Waals surface area contributed by atoms with E-state index in [9.17, 15) is 4.79 Å². The molecular formula is C21H22N4O2. The number of hydrogen-bond acceptors (Lipinski definition) is 5. The van der Waals surface area contributed by atoms with Crippen LogP contribution in [0.4, 0.5) is 11.4 Å². The number of anilines is 2. The van der Waals surface area contributed by atoms with Crippen molar-refractivity contribution in [3.05, 3.63) is 59.9 Å². The van der Waals surface area contributed by atoms with Crippen molar-refractivity contribution in [2.24, 2.45) is 0 Å². The van der Waals surface area contributed by atoms with Crippen LogP contribution in [-0.4, -0.2) is 36.7 Å². The summed E-state index contributed by atoms with van der Waals surface area (Å²) in [4.78, 5) is 20.9. The first-order valence-electron chi connectivity index (χ1n) is 8.99. The van der Waals surface area contributed by atoms with Crippen LogP contribution in [0.2, 0.25) is 0 Å². The van der Waals surface area contributed by atoms with Crippen LogP contribution in [0.3, 0.4) is 0 Å². The summed E-state index contributed by atoms with van der Waals surface area (Å²) in [7, 11) is 3.99. The molecule has 1 fully saturated rings. The molecule has 4 rings (SSSR count). The Bertz CT molecular complexity index is 962. The molecule has 6 nitrogen and oxygen atoms in total. The standard InChI is InChI=1S/C21H22N4O2/c1-14-5-4-6-18(11-14)25-13-16(12-19(25)26)20-22-21(27-23-20)15-7-9-17(10-8-15)24(2)3/h4-11,16H,12-13H2,1-3H3. The Kier molecular flexibility index (Phi) is 4.39. The number of amides is 1. The quantitative estimate of drug-likeness (QED) is 0.709. The normalized spacial score (nSPS) is 16.8. The third kappa shape index (κ3) is 3.43. The molecule has 1 unspecified atom stereocenters. The van der Waals surface area contributed by atoms with E-state index in [2.05, 4.69) is 10.1 Å². The summed E-state index contributed by atoms with van der Waals surface area (Å²) in [6.45, 7) is 2.59. The second kappa shape index (κ2) is 6.87. The molecule has 2 heterocycles. The lowest BCUT2D eigenvalue weighted by atomic mass is 10.1. The topological polar surface area (TPSA) is 62.5 Å². The third-order valence-corrected chi connectivity index (χ3v) is 4.88. The number of carbonyl (C=O) groups excluding carboxylic acids is 1. The van der Waals surface area contributed by atoms with Crippen LogP contribution in [0, 0.1) is 6.92 Å². The molecule has 1 atom stereocenters. The highest BCUT2D eigenvalue weighted by atomic mass is 16.5. The maximum Gasteiger partial charge on any atom is 0.257 e. The maximum absolute atomic E-state index is 12.5. The zero-order chi connectivity index (χ0) is 19.0. The van der Waals surface area contributed by atoms with Crippen molar-refractivity contribution >= 4 is 17.3 Å². The van der Waals surface area contributed by atoms with Gasteiger partial charge in [0, 0.05) is 49.9 Å². The van der Waals surface area contributed by atoms with Gasteiger partial charge in [-0.05, 0) is 48.9 Å². The Hall–Kier alpha value is -3.15. The first-order valence-corrected chi connectivity index (χ1v) is 8.99. The van der Waals surface area contributed by atoms with Crippen LogP contribution in [0.1, 0.15) is 23.7 Å². The van der Waals surface area contributed by atoms with Gasteiger partial charge in [0.25, 0.3) is 5.89 Å². The SMILES string of the molecule is Cc1cccc(N2CC(c3noc(-c4ccc(N(C)C)cc4)n3)CC2=O)c1. The van der Waals surface area contributed by atoms with Crippen molar-refractivity contribution < 1.29 is 9.32 Å². The second-order valence-electron chi connectivity index (χ2n) is 7.14. The number of aromatic nitrogens is 2. The summed E-state index contributed by atoms with van der Waals surface area (Å²) in [6, 6.07) is 15.9. The minimum atomic E-state index is -0.0587. The number of carbonyl (C=O) groups is 1. The summed E-state index contributed by atoms with van der Waals surface area (Å²) < 4.78 is 5.45. The lowest BCUT2D eigenvalue weighted by Gasteiger charge is -2.16. The molecule has 0 saturated carbocycles. The van der Waals surface area contributed by atoms with Gasteiger partial charge in [0.15, 0.2) is 5.82 Å². The van der Waals surface area contributed by atoms with Gasteiger partial charge in [-0.15, -0.1) is 0 Å².